The van der Waals surface area contributed by atoms with Gasteiger partial charge in [-0.15, -0.1) is 0 Å². The molecule has 0 radical (unpaired) electrons. The lowest BCUT2D eigenvalue weighted by atomic mass is 10.2. The van der Waals surface area contributed by atoms with Crippen LogP contribution in [0.4, 0.5) is 0 Å². The van der Waals surface area contributed by atoms with Crippen molar-refractivity contribution in [2.45, 2.75) is 25.8 Å². The Labute approximate surface area is 118 Å². The molecular weight excluding hydrogens is 262 g/mol. The van der Waals surface area contributed by atoms with Gasteiger partial charge in [-0.3, -0.25) is 19.3 Å². The molecule has 0 saturated carbocycles. The summed E-state index contributed by atoms with van der Waals surface area (Å²) in [5, 5.41) is 8.78. The lowest BCUT2D eigenvalue weighted by Crippen LogP contribution is -2.44. The van der Waals surface area contributed by atoms with E-state index in [0.29, 0.717) is 26.1 Å². The third-order valence-corrected chi connectivity index (χ3v) is 4.01. The zero-order valence-corrected chi connectivity index (χ0v) is 11.7. The number of carbonyl (C=O) groups excluding carboxylic acids is 2. The molecule has 2 amide bonds. The highest BCUT2D eigenvalue weighted by Gasteiger charge is 2.37. The maximum atomic E-state index is 12.2. The van der Waals surface area contributed by atoms with E-state index >= 15 is 0 Å². The number of carboxylic acid groups (broad SMARTS) is 1. The Morgan fingerprint density at radius 1 is 1.20 bits per heavy atom. The molecule has 0 aromatic heterocycles. The monoisotopic (exact) mass is 283 g/mol. The minimum absolute atomic E-state index is 0.0668. The zero-order valence-electron chi connectivity index (χ0n) is 11.7. The molecule has 1 N–H and O–H groups in total. The molecule has 0 spiro atoms. The number of hydrogen-bond donors (Lipinski definition) is 1. The van der Waals surface area contributed by atoms with Gasteiger partial charge in [0.25, 0.3) is 0 Å². The van der Waals surface area contributed by atoms with Crippen molar-refractivity contribution in [3.63, 3.8) is 0 Å². The highest BCUT2D eigenvalue weighted by atomic mass is 16.4. The first-order chi connectivity index (χ1) is 9.49. The van der Waals surface area contributed by atoms with E-state index in [2.05, 4.69) is 4.90 Å². The number of carbonyl (C=O) groups is 3. The fraction of sp³-hybridized carbons (Fsp3) is 0.769. The summed E-state index contributed by atoms with van der Waals surface area (Å²) in [7, 11) is 0. The van der Waals surface area contributed by atoms with Crippen LogP contribution in [0.3, 0.4) is 0 Å². The van der Waals surface area contributed by atoms with Gasteiger partial charge < -0.3 is 14.9 Å². The van der Waals surface area contributed by atoms with Crippen molar-refractivity contribution >= 4 is 17.8 Å². The van der Waals surface area contributed by atoms with E-state index in [1.807, 2.05) is 0 Å². The summed E-state index contributed by atoms with van der Waals surface area (Å²) in [5.74, 6) is -1.00. The van der Waals surface area contributed by atoms with Crippen molar-refractivity contribution in [2.24, 2.45) is 0 Å². The zero-order chi connectivity index (χ0) is 14.7. The first-order valence-corrected chi connectivity index (χ1v) is 6.99. The number of carboxylic acids is 1. The van der Waals surface area contributed by atoms with Gasteiger partial charge in [-0.1, -0.05) is 0 Å². The Bertz CT molecular complexity index is 412. The van der Waals surface area contributed by atoms with Crippen molar-refractivity contribution in [3.8, 4) is 0 Å². The minimum Gasteiger partial charge on any atom is -0.480 e. The summed E-state index contributed by atoms with van der Waals surface area (Å²) in [6.45, 7) is 4.66. The molecule has 2 fully saturated rings. The van der Waals surface area contributed by atoms with Gasteiger partial charge in [0.2, 0.25) is 11.8 Å². The van der Waals surface area contributed by atoms with Crippen LogP contribution < -0.4 is 0 Å². The maximum Gasteiger partial charge on any atom is 0.323 e. The molecule has 2 heterocycles. The number of rotatable bonds is 3. The first kappa shape index (κ1) is 14.8. The molecule has 0 bridgehead atoms. The third-order valence-electron chi connectivity index (χ3n) is 4.01. The van der Waals surface area contributed by atoms with E-state index in [4.69, 9.17) is 5.11 Å². The second-order valence-electron chi connectivity index (χ2n) is 5.35. The smallest absolute Gasteiger partial charge is 0.323 e. The van der Waals surface area contributed by atoms with Gasteiger partial charge >= 0.3 is 5.97 Å². The summed E-state index contributed by atoms with van der Waals surface area (Å²) in [6, 6.07) is -0.221. The normalized spacial score (nSPS) is 24.9. The van der Waals surface area contributed by atoms with Crippen LogP contribution in [0.1, 0.15) is 19.8 Å². The molecule has 20 heavy (non-hydrogen) atoms. The van der Waals surface area contributed by atoms with Gasteiger partial charge in [-0.2, -0.15) is 0 Å². The Hall–Kier alpha value is -1.63. The Morgan fingerprint density at radius 3 is 2.60 bits per heavy atom. The molecule has 2 aliphatic rings. The Kier molecular flexibility index (Phi) is 4.59. The van der Waals surface area contributed by atoms with Crippen molar-refractivity contribution in [2.75, 3.05) is 39.3 Å². The van der Waals surface area contributed by atoms with Gasteiger partial charge in [0.05, 0.1) is 6.04 Å². The number of aliphatic carboxylic acids is 1. The predicted octanol–water partition coefficient (Wildman–Crippen LogP) is -0.774. The van der Waals surface area contributed by atoms with Crippen molar-refractivity contribution < 1.29 is 19.5 Å². The van der Waals surface area contributed by atoms with E-state index in [-0.39, 0.29) is 24.4 Å². The van der Waals surface area contributed by atoms with Crippen LogP contribution in [0.5, 0.6) is 0 Å². The molecule has 2 saturated heterocycles. The van der Waals surface area contributed by atoms with Crippen molar-refractivity contribution in [1.82, 2.24) is 14.7 Å². The number of amides is 2. The van der Waals surface area contributed by atoms with E-state index in [1.54, 1.807) is 11.8 Å². The second kappa shape index (κ2) is 6.21. The largest absolute Gasteiger partial charge is 0.480 e. The Morgan fingerprint density at radius 2 is 1.95 bits per heavy atom. The van der Waals surface area contributed by atoms with Gasteiger partial charge in [-0.05, 0) is 12.8 Å². The van der Waals surface area contributed by atoms with E-state index in [9.17, 15) is 14.4 Å². The van der Waals surface area contributed by atoms with Gasteiger partial charge in [0, 0.05) is 39.6 Å². The van der Waals surface area contributed by atoms with E-state index < -0.39 is 5.97 Å². The Balaban J connectivity index is 1.94. The lowest BCUT2D eigenvalue weighted by molar-refractivity contribution is -0.144. The van der Waals surface area contributed by atoms with Crippen LogP contribution in [-0.2, 0) is 14.4 Å². The standard InChI is InChI=1S/C13H21N3O4/c1-10(17)14-4-2-5-15(8-7-14)11-3-6-16(13(11)20)9-12(18)19/h11H,2-9H2,1H3,(H,18,19). The molecule has 1 unspecified atom stereocenters. The average molecular weight is 283 g/mol. The number of nitrogens with zero attached hydrogens (tertiary/aromatic N) is 3. The minimum atomic E-state index is -0.974. The van der Waals surface area contributed by atoms with Crippen molar-refractivity contribution in [3.05, 3.63) is 0 Å². The molecule has 1 atom stereocenters. The molecule has 7 heteroatoms. The summed E-state index contributed by atoms with van der Waals surface area (Å²) in [4.78, 5) is 39.6. The maximum absolute atomic E-state index is 12.2. The van der Waals surface area contributed by atoms with Crippen LogP contribution in [0, 0.1) is 0 Å². The molecule has 112 valence electrons. The molecule has 0 aliphatic carbocycles. The average Bonchev–Trinajstić information content (AvgIpc) is 2.62. The third kappa shape index (κ3) is 3.27. The summed E-state index contributed by atoms with van der Waals surface area (Å²) >= 11 is 0. The van der Waals surface area contributed by atoms with Crippen LogP contribution in [0.2, 0.25) is 0 Å². The highest BCUT2D eigenvalue weighted by molar-refractivity contribution is 5.87. The predicted molar refractivity (Wildman–Crippen MR) is 71.1 cm³/mol. The summed E-state index contributed by atoms with van der Waals surface area (Å²) in [5.41, 5.74) is 0. The first-order valence-electron chi connectivity index (χ1n) is 6.99. The van der Waals surface area contributed by atoms with Gasteiger partial charge in [0.15, 0.2) is 0 Å². The molecule has 7 nitrogen and oxygen atoms in total. The summed E-state index contributed by atoms with van der Waals surface area (Å²) < 4.78 is 0. The van der Waals surface area contributed by atoms with Crippen LogP contribution >= 0.6 is 0 Å². The fourth-order valence-corrected chi connectivity index (χ4v) is 2.95. The highest BCUT2D eigenvalue weighted by Crippen LogP contribution is 2.19. The van der Waals surface area contributed by atoms with Gasteiger partial charge in [-0.25, -0.2) is 0 Å². The van der Waals surface area contributed by atoms with Crippen LogP contribution in [0.15, 0.2) is 0 Å². The second-order valence-corrected chi connectivity index (χ2v) is 5.35. The van der Waals surface area contributed by atoms with Crippen molar-refractivity contribution in [1.29, 1.82) is 0 Å². The van der Waals surface area contributed by atoms with Crippen LogP contribution in [-0.4, -0.2) is 82.9 Å². The van der Waals surface area contributed by atoms with E-state index in [1.165, 1.54) is 4.90 Å². The SMILES string of the molecule is CC(=O)N1CCCN(C2CCN(CC(=O)O)C2=O)CC1. The number of likely N-dealkylation sites (tertiary alicyclic amines) is 1. The fourth-order valence-electron chi connectivity index (χ4n) is 2.95. The lowest BCUT2D eigenvalue weighted by Gasteiger charge is -2.26. The molecule has 2 aliphatic heterocycles. The molecule has 0 aromatic rings. The molecule has 2 rings (SSSR count). The molecule has 0 aromatic carbocycles. The molecular formula is C13H21N3O4. The van der Waals surface area contributed by atoms with E-state index in [0.717, 1.165) is 19.5 Å². The van der Waals surface area contributed by atoms with Gasteiger partial charge in [0.1, 0.15) is 6.54 Å². The van der Waals surface area contributed by atoms with Crippen LogP contribution in [0.25, 0.3) is 0 Å². The number of hydrogen-bond acceptors (Lipinski definition) is 4. The summed E-state index contributed by atoms with van der Waals surface area (Å²) in [6.07, 6.45) is 1.52. The quantitative estimate of drug-likeness (QED) is 0.735. The topological polar surface area (TPSA) is 81.2 Å².